The quantitative estimate of drug-likeness (QED) is 0.640. The molecule has 0 aliphatic carbocycles. The fourth-order valence-electron chi connectivity index (χ4n) is 2.75. The molecule has 1 fully saturated rings. The van der Waals surface area contributed by atoms with Gasteiger partial charge in [0, 0.05) is 19.5 Å². The largest absolute Gasteiger partial charge is 0.343 e. The van der Waals surface area contributed by atoms with Gasteiger partial charge in [0.1, 0.15) is 0 Å². The molecule has 0 N–H and O–H groups in total. The molecule has 1 amide bonds. The number of piperidine rings is 1. The first-order valence-corrected chi connectivity index (χ1v) is 8.28. The Morgan fingerprint density at radius 1 is 1.00 bits per heavy atom. The van der Waals surface area contributed by atoms with E-state index in [1.165, 1.54) is 45.3 Å². The zero-order valence-corrected chi connectivity index (χ0v) is 13.0. The number of amides is 1. The minimum absolute atomic E-state index is 0.356. The molecule has 19 heavy (non-hydrogen) atoms. The zero-order chi connectivity index (χ0) is 13.9. The third-order valence-corrected chi connectivity index (χ3v) is 3.95. The number of nitrogens with zero attached hydrogens (tertiary/aromatic N) is 2. The van der Waals surface area contributed by atoms with E-state index in [4.69, 9.17) is 0 Å². The van der Waals surface area contributed by atoms with E-state index >= 15 is 0 Å². The fraction of sp³-hybridized carbons (Fsp3) is 0.938. The molecule has 1 rings (SSSR count). The smallest absolute Gasteiger partial charge is 0.222 e. The highest BCUT2D eigenvalue weighted by Crippen LogP contribution is 2.09. The van der Waals surface area contributed by atoms with E-state index in [1.807, 2.05) is 0 Å². The van der Waals surface area contributed by atoms with Crippen molar-refractivity contribution >= 4 is 5.91 Å². The topological polar surface area (TPSA) is 23.6 Å². The zero-order valence-electron chi connectivity index (χ0n) is 13.0. The van der Waals surface area contributed by atoms with Crippen molar-refractivity contribution in [3.63, 3.8) is 0 Å². The highest BCUT2D eigenvalue weighted by molar-refractivity contribution is 5.76. The molecule has 1 aliphatic rings. The van der Waals surface area contributed by atoms with E-state index in [9.17, 15) is 4.79 Å². The summed E-state index contributed by atoms with van der Waals surface area (Å²) in [5, 5.41) is 0. The summed E-state index contributed by atoms with van der Waals surface area (Å²) >= 11 is 0. The lowest BCUT2D eigenvalue weighted by molar-refractivity contribution is -0.131. The van der Waals surface area contributed by atoms with Crippen LogP contribution in [0.2, 0.25) is 0 Å². The summed E-state index contributed by atoms with van der Waals surface area (Å²) in [5.41, 5.74) is 0. The number of rotatable bonds is 9. The molecule has 0 aromatic rings. The summed E-state index contributed by atoms with van der Waals surface area (Å²) in [6, 6.07) is 0. The Balaban J connectivity index is 2.24. The van der Waals surface area contributed by atoms with Gasteiger partial charge in [-0.3, -0.25) is 4.79 Å². The van der Waals surface area contributed by atoms with Gasteiger partial charge in [0.2, 0.25) is 5.91 Å². The van der Waals surface area contributed by atoms with Crippen LogP contribution in [-0.2, 0) is 4.79 Å². The van der Waals surface area contributed by atoms with Gasteiger partial charge in [-0.1, -0.05) is 26.7 Å². The highest BCUT2D eigenvalue weighted by atomic mass is 16.2. The summed E-state index contributed by atoms with van der Waals surface area (Å²) in [5.74, 6) is 0.356. The van der Waals surface area contributed by atoms with Gasteiger partial charge in [-0.05, 0) is 51.7 Å². The third-order valence-electron chi connectivity index (χ3n) is 3.95. The second kappa shape index (κ2) is 10.2. The van der Waals surface area contributed by atoms with Crippen LogP contribution in [0, 0.1) is 0 Å². The Kier molecular flexibility index (Phi) is 8.89. The Bertz CT molecular complexity index is 237. The molecule has 3 nitrogen and oxygen atoms in total. The van der Waals surface area contributed by atoms with E-state index in [0.717, 1.165) is 32.4 Å². The van der Waals surface area contributed by atoms with E-state index in [1.54, 1.807) is 0 Å². The summed E-state index contributed by atoms with van der Waals surface area (Å²) in [6.07, 6.45) is 9.23. The SMILES string of the molecule is CCCCN(CCCN1CCCCC1)C(=O)CCC. The Labute approximate surface area is 119 Å². The van der Waals surface area contributed by atoms with Crippen LogP contribution >= 0.6 is 0 Å². The van der Waals surface area contributed by atoms with E-state index in [2.05, 4.69) is 23.6 Å². The van der Waals surface area contributed by atoms with Crippen molar-refractivity contribution in [2.24, 2.45) is 0 Å². The van der Waals surface area contributed by atoms with Gasteiger partial charge in [-0.15, -0.1) is 0 Å². The summed E-state index contributed by atoms with van der Waals surface area (Å²) in [7, 11) is 0. The monoisotopic (exact) mass is 268 g/mol. The predicted molar refractivity (Wildman–Crippen MR) is 81.3 cm³/mol. The van der Waals surface area contributed by atoms with Crippen molar-refractivity contribution in [2.75, 3.05) is 32.7 Å². The van der Waals surface area contributed by atoms with Crippen LogP contribution in [0.15, 0.2) is 0 Å². The van der Waals surface area contributed by atoms with Crippen LogP contribution < -0.4 is 0 Å². The first-order valence-electron chi connectivity index (χ1n) is 8.28. The van der Waals surface area contributed by atoms with Crippen LogP contribution in [0.5, 0.6) is 0 Å². The maximum Gasteiger partial charge on any atom is 0.222 e. The molecule has 0 radical (unpaired) electrons. The van der Waals surface area contributed by atoms with Crippen molar-refractivity contribution < 1.29 is 4.79 Å². The molecule has 0 aromatic carbocycles. The molecule has 112 valence electrons. The van der Waals surface area contributed by atoms with Gasteiger partial charge in [-0.2, -0.15) is 0 Å². The van der Waals surface area contributed by atoms with Crippen LogP contribution in [-0.4, -0.2) is 48.4 Å². The molecular formula is C16H32N2O. The van der Waals surface area contributed by atoms with Gasteiger partial charge < -0.3 is 9.80 Å². The van der Waals surface area contributed by atoms with Crippen LogP contribution in [0.4, 0.5) is 0 Å². The van der Waals surface area contributed by atoms with E-state index in [-0.39, 0.29) is 0 Å². The standard InChI is InChI=1S/C16H32N2O/c1-3-5-14-18(16(19)10-4-2)15-9-13-17-11-7-6-8-12-17/h3-15H2,1-2H3. The number of hydrogen-bond donors (Lipinski definition) is 0. The normalized spacial score (nSPS) is 16.5. The van der Waals surface area contributed by atoms with Gasteiger partial charge in [0.15, 0.2) is 0 Å². The van der Waals surface area contributed by atoms with E-state index < -0.39 is 0 Å². The van der Waals surface area contributed by atoms with Gasteiger partial charge in [0.25, 0.3) is 0 Å². The first-order chi connectivity index (χ1) is 9.27. The number of carbonyl (C=O) groups excluding carboxylic acids is 1. The number of likely N-dealkylation sites (tertiary alicyclic amines) is 1. The molecule has 3 heteroatoms. The Morgan fingerprint density at radius 3 is 2.32 bits per heavy atom. The number of carbonyl (C=O) groups is 1. The fourth-order valence-corrected chi connectivity index (χ4v) is 2.75. The summed E-state index contributed by atoms with van der Waals surface area (Å²) in [4.78, 5) is 16.7. The third kappa shape index (κ3) is 6.95. The molecule has 0 atom stereocenters. The molecule has 1 heterocycles. The maximum absolute atomic E-state index is 12.0. The average molecular weight is 268 g/mol. The van der Waals surface area contributed by atoms with Gasteiger partial charge in [0.05, 0.1) is 0 Å². The highest BCUT2D eigenvalue weighted by Gasteiger charge is 2.13. The van der Waals surface area contributed by atoms with Crippen molar-refractivity contribution in [3.05, 3.63) is 0 Å². The summed E-state index contributed by atoms with van der Waals surface area (Å²) < 4.78 is 0. The summed E-state index contributed by atoms with van der Waals surface area (Å²) in [6.45, 7) is 9.88. The second-order valence-electron chi connectivity index (χ2n) is 5.74. The lowest BCUT2D eigenvalue weighted by atomic mass is 10.1. The molecule has 0 unspecified atom stereocenters. The van der Waals surface area contributed by atoms with Crippen LogP contribution in [0.3, 0.4) is 0 Å². The van der Waals surface area contributed by atoms with Crippen LogP contribution in [0.25, 0.3) is 0 Å². The van der Waals surface area contributed by atoms with Crippen molar-refractivity contribution in [3.8, 4) is 0 Å². The molecule has 1 saturated heterocycles. The minimum atomic E-state index is 0.356. The molecule has 1 aliphatic heterocycles. The van der Waals surface area contributed by atoms with Crippen molar-refractivity contribution in [1.82, 2.24) is 9.80 Å². The minimum Gasteiger partial charge on any atom is -0.343 e. The first kappa shape index (κ1) is 16.5. The number of unbranched alkanes of at least 4 members (excludes halogenated alkanes) is 1. The lowest BCUT2D eigenvalue weighted by Crippen LogP contribution is -2.36. The van der Waals surface area contributed by atoms with Crippen molar-refractivity contribution in [2.45, 2.75) is 65.2 Å². The maximum atomic E-state index is 12.0. The average Bonchev–Trinajstić information content (AvgIpc) is 2.44. The number of hydrogen-bond acceptors (Lipinski definition) is 2. The van der Waals surface area contributed by atoms with Crippen LogP contribution in [0.1, 0.15) is 65.2 Å². The van der Waals surface area contributed by atoms with Gasteiger partial charge in [-0.25, -0.2) is 0 Å². The predicted octanol–water partition coefficient (Wildman–Crippen LogP) is 3.29. The lowest BCUT2D eigenvalue weighted by Gasteiger charge is -2.28. The van der Waals surface area contributed by atoms with Gasteiger partial charge >= 0.3 is 0 Å². The molecule has 0 bridgehead atoms. The Hall–Kier alpha value is -0.570. The molecule has 0 aromatic heterocycles. The molecular weight excluding hydrogens is 236 g/mol. The molecule has 0 saturated carbocycles. The Morgan fingerprint density at radius 2 is 1.68 bits per heavy atom. The van der Waals surface area contributed by atoms with Crippen molar-refractivity contribution in [1.29, 1.82) is 0 Å². The molecule has 0 spiro atoms. The van der Waals surface area contributed by atoms with E-state index in [0.29, 0.717) is 12.3 Å². The second-order valence-corrected chi connectivity index (χ2v) is 5.74.